The van der Waals surface area contributed by atoms with Crippen molar-refractivity contribution in [1.82, 2.24) is 4.90 Å². The first-order valence-corrected chi connectivity index (χ1v) is 4.89. The molecule has 0 radical (unpaired) electrons. The summed E-state index contributed by atoms with van der Waals surface area (Å²) in [6.45, 7) is 8.09. The maximum absolute atomic E-state index is 11.0. The van der Waals surface area contributed by atoms with Crippen molar-refractivity contribution >= 4 is 5.91 Å². The molecule has 0 N–H and O–H groups in total. The smallest absolute Gasteiger partial charge is 0.219 e. The Hall–Kier alpha value is -0.530. The van der Waals surface area contributed by atoms with Crippen molar-refractivity contribution in [2.75, 3.05) is 13.1 Å². The Balaban J connectivity index is 2.40. The zero-order valence-electron chi connectivity index (χ0n) is 8.39. The molecule has 1 saturated heterocycles. The highest BCUT2D eigenvalue weighted by molar-refractivity contribution is 5.74. The highest BCUT2D eigenvalue weighted by Crippen LogP contribution is 2.38. The summed E-state index contributed by atoms with van der Waals surface area (Å²) in [7, 11) is 0. The Morgan fingerprint density at radius 3 is 2.33 bits per heavy atom. The number of carbonyl (C=O) groups excluding carboxylic acids is 1. The third kappa shape index (κ3) is 1.62. The van der Waals surface area contributed by atoms with Gasteiger partial charge in [-0.1, -0.05) is 20.3 Å². The summed E-state index contributed by atoms with van der Waals surface area (Å²) in [5.74, 6) is 0.232. The van der Waals surface area contributed by atoms with Gasteiger partial charge in [0.1, 0.15) is 0 Å². The number of hydrogen-bond acceptors (Lipinski definition) is 1. The van der Waals surface area contributed by atoms with Gasteiger partial charge in [0.05, 0.1) is 0 Å². The Labute approximate surface area is 74.9 Å². The standard InChI is InChI=1S/C10H19NO/c1-4-6-10(5-2)7-11(8-10)9(3)12/h4-8H2,1-3H3. The van der Waals surface area contributed by atoms with Crippen LogP contribution in [0.4, 0.5) is 0 Å². The molecule has 1 rings (SSSR count). The van der Waals surface area contributed by atoms with Crippen molar-refractivity contribution < 1.29 is 4.79 Å². The Kier molecular flexibility index (Phi) is 2.76. The van der Waals surface area contributed by atoms with Gasteiger partial charge in [-0.2, -0.15) is 0 Å². The first-order chi connectivity index (χ1) is 5.63. The molecular formula is C10H19NO. The molecule has 1 fully saturated rings. The van der Waals surface area contributed by atoms with Crippen LogP contribution in [0.1, 0.15) is 40.0 Å². The number of carbonyl (C=O) groups is 1. The lowest BCUT2D eigenvalue weighted by Crippen LogP contribution is -2.57. The Morgan fingerprint density at radius 2 is 2.00 bits per heavy atom. The maximum atomic E-state index is 11.0. The lowest BCUT2D eigenvalue weighted by Gasteiger charge is -2.50. The van der Waals surface area contributed by atoms with E-state index in [-0.39, 0.29) is 5.91 Å². The molecule has 0 bridgehead atoms. The highest BCUT2D eigenvalue weighted by atomic mass is 16.2. The van der Waals surface area contributed by atoms with Gasteiger partial charge in [0.15, 0.2) is 0 Å². The molecule has 1 amide bonds. The van der Waals surface area contributed by atoms with E-state index in [0.29, 0.717) is 5.41 Å². The molecule has 70 valence electrons. The van der Waals surface area contributed by atoms with Crippen LogP contribution in [0.15, 0.2) is 0 Å². The molecule has 0 atom stereocenters. The van der Waals surface area contributed by atoms with Crippen LogP contribution < -0.4 is 0 Å². The minimum atomic E-state index is 0.232. The summed E-state index contributed by atoms with van der Waals surface area (Å²) >= 11 is 0. The highest BCUT2D eigenvalue weighted by Gasteiger charge is 2.41. The number of likely N-dealkylation sites (tertiary alicyclic amines) is 1. The van der Waals surface area contributed by atoms with Gasteiger partial charge in [0.2, 0.25) is 5.91 Å². The Morgan fingerprint density at radius 1 is 1.42 bits per heavy atom. The summed E-state index contributed by atoms with van der Waals surface area (Å²) in [6, 6.07) is 0. The summed E-state index contributed by atoms with van der Waals surface area (Å²) in [5.41, 5.74) is 0.473. The van der Waals surface area contributed by atoms with Crippen LogP contribution >= 0.6 is 0 Å². The van der Waals surface area contributed by atoms with Gasteiger partial charge < -0.3 is 4.90 Å². The van der Waals surface area contributed by atoms with Crippen LogP contribution in [0.2, 0.25) is 0 Å². The van der Waals surface area contributed by atoms with Gasteiger partial charge in [-0.3, -0.25) is 4.79 Å². The normalized spacial score (nSPS) is 20.4. The van der Waals surface area contributed by atoms with Gasteiger partial charge in [0, 0.05) is 25.4 Å². The summed E-state index contributed by atoms with van der Waals surface area (Å²) in [4.78, 5) is 12.9. The molecule has 0 aromatic carbocycles. The van der Waals surface area contributed by atoms with Crippen LogP contribution in [-0.4, -0.2) is 23.9 Å². The third-order valence-electron chi connectivity index (χ3n) is 3.03. The van der Waals surface area contributed by atoms with Gasteiger partial charge in [0.25, 0.3) is 0 Å². The van der Waals surface area contributed by atoms with Crippen molar-refractivity contribution in [3.05, 3.63) is 0 Å². The molecule has 2 heteroatoms. The molecular weight excluding hydrogens is 150 g/mol. The quantitative estimate of drug-likeness (QED) is 0.633. The molecule has 2 nitrogen and oxygen atoms in total. The monoisotopic (exact) mass is 169 g/mol. The fourth-order valence-corrected chi connectivity index (χ4v) is 2.07. The molecule has 1 aliphatic rings. The van der Waals surface area contributed by atoms with E-state index in [1.54, 1.807) is 6.92 Å². The van der Waals surface area contributed by atoms with E-state index in [1.807, 2.05) is 4.90 Å². The molecule has 0 spiro atoms. The van der Waals surface area contributed by atoms with Crippen LogP contribution in [0.25, 0.3) is 0 Å². The van der Waals surface area contributed by atoms with Crippen LogP contribution in [0.3, 0.4) is 0 Å². The van der Waals surface area contributed by atoms with Gasteiger partial charge in [-0.15, -0.1) is 0 Å². The van der Waals surface area contributed by atoms with Gasteiger partial charge in [-0.05, 0) is 12.8 Å². The second-order valence-corrected chi connectivity index (χ2v) is 3.98. The first kappa shape index (κ1) is 9.56. The topological polar surface area (TPSA) is 20.3 Å². The van der Waals surface area contributed by atoms with E-state index in [1.165, 1.54) is 19.3 Å². The van der Waals surface area contributed by atoms with E-state index >= 15 is 0 Å². The average Bonchev–Trinajstić information content (AvgIpc) is 1.95. The third-order valence-corrected chi connectivity index (χ3v) is 3.03. The molecule has 0 saturated carbocycles. The largest absolute Gasteiger partial charge is 0.342 e. The van der Waals surface area contributed by atoms with E-state index in [2.05, 4.69) is 13.8 Å². The van der Waals surface area contributed by atoms with Gasteiger partial charge >= 0.3 is 0 Å². The number of hydrogen-bond donors (Lipinski definition) is 0. The zero-order chi connectivity index (χ0) is 9.19. The van der Waals surface area contributed by atoms with Crippen LogP contribution in [0.5, 0.6) is 0 Å². The average molecular weight is 169 g/mol. The van der Waals surface area contributed by atoms with Crippen molar-refractivity contribution in [2.24, 2.45) is 5.41 Å². The second kappa shape index (κ2) is 3.46. The second-order valence-electron chi connectivity index (χ2n) is 3.98. The minimum Gasteiger partial charge on any atom is -0.342 e. The molecule has 0 aromatic rings. The zero-order valence-corrected chi connectivity index (χ0v) is 8.39. The minimum absolute atomic E-state index is 0.232. The summed E-state index contributed by atoms with van der Waals surface area (Å²) in [5, 5.41) is 0. The van der Waals surface area contributed by atoms with Crippen LogP contribution in [0, 0.1) is 5.41 Å². The SMILES string of the molecule is CCCC1(CC)CN(C(C)=O)C1. The predicted molar refractivity (Wildman–Crippen MR) is 49.9 cm³/mol. The molecule has 1 aliphatic heterocycles. The molecule has 0 aromatic heterocycles. The molecule has 12 heavy (non-hydrogen) atoms. The molecule has 1 heterocycles. The van der Waals surface area contributed by atoms with Crippen molar-refractivity contribution in [1.29, 1.82) is 0 Å². The van der Waals surface area contributed by atoms with Crippen LogP contribution in [-0.2, 0) is 4.79 Å². The molecule has 0 unspecified atom stereocenters. The number of rotatable bonds is 3. The number of amides is 1. The summed E-state index contributed by atoms with van der Waals surface area (Å²) in [6.07, 6.45) is 3.72. The summed E-state index contributed by atoms with van der Waals surface area (Å²) < 4.78 is 0. The lowest BCUT2D eigenvalue weighted by molar-refractivity contribution is -0.141. The fraction of sp³-hybridized carbons (Fsp3) is 0.900. The van der Waals surface area contributed by atoms with Crippen molar-refractivity contribution in [2.45, 2.75) is 40.0 Å². The van der Waals surface area contributed by atoms with Crippen molar-refractivity contribution in [3.63, 3.8) is 0 Å². The van der Waals surface area contributed by atoms with E-state index in [0.717, 1.165) is 13.1 Å². The predicted octanol–water partition coefficient (Wildman–Crippen LogP) is 2.04. The lowest BCUT2D eigenvalue weighted by atomic mass is 9.74. The maximum Gasteiger partial charge on any atom is 0.219 e. The molecule has 0 aliphatic carbocycles. The fourth-order valence-electron chi connectivity index (χ4n) is 2.07. The first-order valence-electron chi connectivity index (χ1n) is 4.89. The van der Waals surface area contributed by atoms with E-state index < -0.39 is 0 Å². The van der Waals surface area contributed by atoms with E-state index in [4.69, 9.17) is 0 Å². The van der Waals surface area contributed by atoms with Crippen molar-refractivity contribution in [3.8, 4) is 0 Å². The van der Waals surface area contributed by atoms with Gasteiger partial charge in [-0.25, -0.2) is 0 Å². The Bertz CT molecular complexity index is 171. The number of nitrogens with zero attached hydrogens (tertiary/aromatic N) is 1. The van der Waals surface area contributed by atoms with E-state index in [9.17, 15) is 4.79 Å².